The van der Waals surface area contributed by atoms with Crippen molar-refractivity contribution in [2.45, 2.75) is 6.92 Å². The number of hydrogen-bond acceptors (Lipinski definition) is 5. The van der Waals surface area contributed by atoms with Gasteiger partial charge in [0.25, 0.3) is 5.88 Å². The fraction of sp³-hybridized carbons (Fsp3) is 0.214. The van der Waals surface area contributed by atoms with Crippen molar-refractivity contribution in [1.29, 1.82) is 0 Å². The number of nitrogens with zero attached hydrogens (tertiary/aromatic N) is 2. The van der Waals surface area contributed by atoms with Crippen molar-refractivity contribution in [2.75, 3.05) is 18.1 Å². The molecule has 1 fully saturated rings. The Bertz CT molecular complexity index is 681. The van der Waals surface area contributed by atoms with Crippen molar-refractivity contribution in [3.8, 4) is 17.2 Å². The van der Waals surface area contributed by atoms with E-state index in [1.165, 1.54) is 4.90 Å². The van der Waals surface area contributed by atoms with Gasteiger partial charge >= 0.3 is 6.03 Å². The van der Waals surface area contributed by atoms with Gasteiger partial charge in [0, 0.05) is 5.56 Å². The predicted octanol–water partition coefficient (Wildman–Crippen LogP) is 1.80. The van der Waals surface area contributed by atoms with E-state index in [9.17, 15) is 9.59 Å². The van der Waals surface area contributed by atoms with Crippen LogP contribution >= 0.6 is 0 Å². The Kier molecular flexibility index (Phi) is 3.31. The van der Waals surface area contributed by atoms with E-state index >= 15 is 0 Å². The molecule has 2 heterocycles. The first-order valence-electron chi connectivity index (χ1n) is 6.50. The smallest absolute Gasteiger partial charge is 0.329 e. The Morgan fingerprint density at radius 1 is 1.33 bits per heavy atom. The van der Waals surface area contributed by atoms with E-state index in [4.69, 9.17) is 9.26 Å². The zero-order chi connectivity index (χ0) is 14.8. The van der Waals surface area contributed by atoms with Gasteiger partial charge in [-0.1, -0.05) is 30.3 Å². The minimum absolute atomic E-state index is 0.0834. The summed E-state index contributed by atoms with van der Waals surface area (Å²) in [6.07, 6.45) is 0. The first-order chi connectivity index (χ1) is 10.2. The molecule has 0 bridgehead atoms. The summed E-state index contributed by atoms with van der Waals surface area (Å²) in [4.78, 5) is 24.6. The van der Waals surface area contributed by atoms with Crippen molar-refractivity contribution in [1.82, 2.24) is 10.5 Å². The van der Waals surface area contributed by atoms with E-state index in [0.717, 1.165) is 5.56 Å². The maximum Gasteiger partial charge on any atom is 0.329 e. The third-order valence-corrected chi connectivity index (χ3v) is 3.02. The highest BCUT2D eigenvalue weighted by Gasteiger charge is 2.35. The number of aromatic nitrogens is 1. The van der Waals surface area contributed by atoms with Crippen LogP contribution in [0, 0.1) is 0 Å². The molecule has 0 aliphatic carbocycles. The fourth-order valence-electron chi connectivity index (χ4n) is 2.14. The predicted molar refractivity (Wildman–Crippen MR) is 74.0 cm³/mol. The monoisotopic (exact) mass is 287 g/mol. The summed E-state index contributed by atoms with van der Waals surface area (Å²) < 4.78 is 10.7. The Labute approximate surface area is 120 Å². The van der Waals surface area contributed by atoms with Gasteiger partial charge in [-0.2, -0.15) is 0 Å². The summed E-state index contributed by atoms with van der Waals surface area (Å²) in [5.74, 6) is 0.216. The number of hydrogen-bond donors (Lipinski definition) is 1. The molecular formula is C14H13N3O4. The molecule has 21 heavy (non-hydrogen) atoms. The molecule has 1 aliphatic heterocycles. The van der Waals surface area contributed by atoms with E-state index < -0.39 is 6.03 Å². The third kappa shape index (κ3) is 2.33. The molecule has 0 saturated carbocycles. The van der Waals surface area contributed by atoms with Gasteiger partial charge in [0.15, 0.2) is 11.4 Å². The quantitative estimate of drug-likeness (QED) is 0.867. The maximum absolute atomic E-state index is 11.9. The third-order valence-electron chi connectivity index (χ3n) is 3.02. The summed E-state index contributed by atoms with van der Waals surface area (Å²) in [6, 6.07) is 8.70. The Balaban J connectivity index is 2.10. The van der Waals surface area contributed by atoms with Crippen LogP contribution in [0.3, 0.4) is 0 Å². The molecular weight excluding hydrogens is 274 g/mol. The number of carbonyl (C=O) groups excluding carboxylic acids is 2. The van der Waals surface area contributed by atoms with Gasteiger partial charge in [0.1, 0.15) is 6.54 Å². The SMILES string of the molecule is CCOc1noc(-c2ccccc2)c1N1CC(=O)NC1=O. The summed E-state index contributed by atoms with van der Waals surface area (Å²) in [5.41, 5.74) is 1.12. The van der Waals surface area contributed by atoms with Gasteiger partial charge in [0.05, 0.1) is 6.61 Å². The number of benzene rings is 1. The van der Waals surface area contributed by atoms with Gasteiger partial charge in [-0.05, 0) is 12.1 Å². The molecule has 1 saturated heterocycles. The Morgan fingerprint density at radius 2 is 2.10 bits per heavy atom. The van der Waals surface area contributed by atoms with E-state index in [0.29, 0.717) is 18.1 Å². The molecule has 1 aromatic heterocycles. The van der Waals surface area contributed by atoms with Crippen molar-refractivity contribution in [2.24, 2.45) is 0 Å². The summed E-state index contributed by atoms with van der Waals surface area (Å²) >= 11 is 0. The standard InChI is InChI=1S/C14H13N3O4/c1-2-20-13-11(17-8-10(18)15-14(17)19)12(21-16-13)9-6-4-3-5-7-9/h3-7H,2,8H2,1H3,(H,15,18,19). The Morgan fingerprint density at radius 3 is 2.71 bits per heavy atom. The zero-order valence-corrected chi connectivity index (χ0v) is 11.3. The normalized spacial score (nSPS) is 14.4. The lowest BCUT2D eigenvalue weighted by atomic mass is 10.1. The van der Waals surface area contributed by atoms with Gasteiger partial charge in [-0.15, -0.1) is 0 Å². The second-order valence-electron chi connectivity index (χ2n) is 4.40. The topological polar surface area (TPSA) is 84.7 Å². The second kappa shape index (κ2) is 5.28. The molecule has 0 unspecified atom stereocenters. The van der Waals surface area contributed by atoms with E-state index in [1.807, 2.05) is 30.3 Å². The fourth-order valence-corrected chi connectivity index (χ4v) is 2.14. The molecule has 3 amide bonds. The lowest BCUT2D eigenvalue weighted by Gasteiger charge is -2.13. The summed E-state index contributed by atoms with van der Waals surface area (Å²) in [7, 11) is 0. The maximum atomic E-state index is 11.9. The second-order valence-corrected chi connectivity index (χ2v) is 4.40. The highest BCUT2D eigenvalue weighted by molar-refractivity contribution is 6.13. The van der Waals surface area contributed by atoms with Crippen LogP contribution in [0.5, 0.6) is 5.88 Å². The highest BCUT2D eigenvalue weighted by Crippen LogP contribution is 2.39. The van der Waals surface area contributed by atoms with E-state index in [-0.39, 0.29) is 18.3 Å². The van der Waals surface area contributed by atoms with Crippen molar-refractivity contribution < 1.29 is 18.8 Å². The van der Waals surface area contributed by atoms with E-state index in [2.05, 4.69) is 10.5 Å². The minimum Gasteiger partial charge on any atom is -0.474 e. The molecule has 3 rings (SSSR count). The van der Waals surface area contributed by atoms with Crippen molar-refractivity contribution in [3.05, 3.63) is 30.3 Å². The molecule has 1 N–H and O–H groups in total. The summed E-state index contributed by atoms with van der Waals surface area (Å²) in [5, 5.41) is 6.08. The number of urea groups is 1. The first kappa shape index (κ1) is 13.2. The number of amides is 3. The molecule has 1 aromatic carbocycles. The van der Waals surface area contributed by atoms with Gasteiger partial charge in [-0.3, -0.25) is 15.0 Å². The number of anilines is 1. The average Bonchev–Trinajstić information content (AvgIpc) is 3.03. The zero-order valence-electron chi connectivity index (χ0n) is 11.3. The molecule has 0 radical (unpaired) electrons. The molecule has 0 atom stereocenters. The largest absolute Gasteiger partial charge is 0.474 e. The van der Waals surface area contributed by atoms with Crippen LogP contribution in [0.1, 0.15) is 6.92 Å². The van der Waals surface area contributed by atoms with Crippen LogP contribution < -0.4 is 15.0 Å². The van der Waals surface area contributed by atoms with Gasteiger partial charge in [0.2, 0.25) is 5.91 Å². The van der Waals surface area contributed by atoms with Crippen LogP contribution in [0.25, 0.3) is 11.3 Å². The van der Waals surface area contributed by atoms with Crippen molar-refractivity contribution in [3.63, 3.8) is 0 Å². The molecule has 2 aromatic rings. The summed E-state index contributed by atoms with van der Waals surface area (Å²) in [6.45, 7) is 2.09. The van der Waals surface area contributed by atoms with Crippen LogP contribution in [-0.4, -0.2) is 30.2 Å². The van der Waals surface area contributed by atoms with Gasteiger partial charge in [-0.25, -0.2) is 4.79 Å². The molecule has 0 spiro atoms. The molecule has 108 valence electrons. The molecule has 7 heteroatoms. The average molecular weight is 287 g/mol. The van der Waals surface area contributed by atoms with Crippen molar-refractivity contribution >= 4 is 17.6 Å². The lowest BCUT2D eigenvalue weighted by Crippen LogP contribution is -2.28. The number of nitrogens with one attached hydrogen (secondary N) is 1. The minimum atomic E-state index is -0.513. The lowest BCUT2D eigenvalue weighted by molar-refractivity contribution is -0.117. The van der Waals surface area contributed by atoms with Crippen LogP contribution in [0.4, 0.5) is 10.5 Å². The van der Waals surface area contributed by atoms with Crippen LogP contribution in [0.15, 0.2) is 34.9 Å². The van der Waals surface area contributed by atoms with E-state index in [1.54, 1.807) is 6.92 Å². The van der Waals surface area contributed by atoms with Gasteiger partial charge < -0.3 is 9.26 Å². The number of carbonyl (C=O) groups is 2. The Hall–Kier alpha value is -2.83. The number of ether oxygens (including phenoxy) is 1. The first-order valence-corrected chi connectivity index (χ1v) is 6.50. The van der Waals surface area contributed by atoms with Crippen LogP contribution in [-0.2, 0) is 4.79 Å². The molecule has 1 aliphatic rings. The highest BCUT2D eigenvalue weighted by atomic mass is 16.5. The number of imide groups is 1. The van der Waals surface area contributed by atoms with Crippen LogP contribution in [0.2, 0.25) is 0 Å². The number of rotatable bonds is 4. The molecule has 7 nitrogen and oxygen atoms in total.